The van der Waals surface area contributed by atoms with Gasteiger partial charge in [0.25, 0.3) is 0 Å². The van der Waals surface area contributed by atoms with Crippen molar-refractivity contribution in [1.82, 2.24) is 14.7 Å². The van der Waals surface area contributed by atoms with Crippen LogP contribution in [0.2, 0.25) is 0 Å². The number of hydrogen-bond donors (Lipinski definition) is 2. The van der Waals surface area contributed by atoms with E-state index in [4.69, 9.17) is 9.84 Å². The highest BCUT2D eigenvalue weighted by Gasteiger charge is 2.23. The molecule has 4 aromatic rings. The molecule has 0 aliphatic heterocycles. The minimum atomic E-state index is -0.323. The molecule has 3 aromatic carbocycles. The van der Waals surface area contributed by atoms with Crippen LogP contribution in [0.3, 0.4) is 0 Å². The second-order valence-corrected chi connectivity index (χ2v) is 10.1. The number of nitrogens with one attached hydrogen (secondary N) is 2. The molecule has 0 aliphatic rings. The number of carbonyl (C=O) groups is 2. The highest BCUT2D eigenvalue weighted by atomic mass is 16.5. The standard InChI is InChI=1S/C32H37N5O3/c1-6-24-12-14-26(15-13-24)33-32(39)36(20-22(2)3)21-29(38)34-31-30(25-10-8-7-9-11-25)23(4)35-37(31)27-16-18-28(40-5)19-17-27/h7-19,22H,6,20-21H2,1-5H3,(H,33,39)(H,34,38). The minimum absolute atomic E-state index is 0.113. The molecule has 0 saturated carbocycles. The fourth-order valence-corrected chi connectivity index (χ4v) is 4.53. The molecule has 0 spiro atoms. The smallest absolute Gasteiger partial charge is 0.322 e. The van der Waals surface area contributed by atoms with Gasteiger partial charge in [0.2, 0.25) is 5.91 Å². The molecule has 208 valence electrons. The first-order chi connectivity index (χ1) is 19.3. The summed E-state index contributed by atoms with van der Waals surface area (Å²) < 4.78 is 7.03. The quantitative estimate of drug-likeness (QED) is 0.239. The third-order valence-corrected chi connectivity index (χ3v) is 6.52. The highest BCUT2D eigenvalue weighted by Crippen LogP contribution is 2.33. The number of benzene rings is 3. The van der Waals surface area contributed by atoms with E-state index in [-0.39, 0.29) is 24.4 Å². The van der Waals surface area contributed by atoms with Crippen molar-refractivity contribution in [3.63, 3.8) is 0 Å². The Kier molecular flexibility index (Phi) is 9.22. The molecule has 0 atom stereocenters. The van der Waals surface area contributed by atoms with Gasteiger partial charge in [0.15, 0.2) is 0 Å². The van der Waals surface area contributed by atoms with Crippen molar-refractivity contribution in [2.75, 3.05) is 30.8 Å². The van der Waals surface area contributed by atoms with Gasteiger partial charge in [0, 0.05) is 17.8 Å². The topological polar surface area (TPSA) is 88.5 Å². The Morgan fingerprint density at radius 2 is 1.62 bits per heavy atom. The van der Waals surface area contributed by atoms with Gasteiger partial charge in [-0.2, -0.15) is 5.10 Å². The molecule has 0 radical (unpaired) electrons. The van der Waals surface area contributed by atoms with Gasteiger partial charge < -0.3 is 20.3 Å². The third kappa shape index (κ3) is 6.88. The van der Waals surface area contributed by atoms with E-state index in [1.807, 2.05) is 99.6 Å². The summed E-state index contributed by atoms with van der Waals surface area (Å²) in [6.07, 6.45) is 0.922. The van der Waals surface area contributed by atoms with E-state index in [9.17, 15) is 9.59 Å². The average Bonchev–Trinajstić information content (AvgIpc) is 3.28. The Morgan fingerprint density at radius 3 is 2.23 bits per heavy atom. The van der Waals surface area contributed by atoms with Crippen LogP contribution < -0.4 is 15.4 Å². The van der Waals surface area contributed by atoms with Gasteiger partial charge in [0.1, 0.15) is 18.1 Å². The van der Waals surface area contributed by atoms with Gasteiger partial charge in [-0.05, 0) is 66.8 Å². The van der Waals surface area contributed by atoms with Gasteiger partial charge in [-0.1, -0.05) is 63.2 Å². The van der Waals surface area contributed by atoms with Gasteiger partial charge >= 0.3 is 6.03 Å². The van der Waals surface area contributed by atoms with Crippen LogP contribution in [0.1, 0.15) is 32.0 Å². The fraction of sp³-hybridized carbons (Fsp3) is 0.281. The third-order valence-electron chi connectivity index (χ3n) is 6.52. The lowest BCUT2D eigenvalue weighted by atomic mass is 10.1. The molecule has 0 unspecified atom stereocenters. The molecular formula is C32H37N5O3. The van der Waals surface area contributed by atoms with Crippen molar-refractivity contribution in [3.8, 4) is 22.6 Å². The molecule has 8 nitrogen and oxygen atoms in total. The van der Waals surface area contributed by atoms with Crippen LogP contribution in [0, 0.1) is 12.8 Å². The van der Waals surface area contributed by atoms with Crippen molar-refractivity contribution in [1.29, 1.82) is 0 Å². The lowest BCUT2D eigenvalue weighted by Gasteiger charge is -2.24. The van der Waals surface area contributed by atoms with E-state index in [0.29, 0.717) is 18.1 Å². The zero-order valence-electron chi connectivity index (χ0n) is 23.8. The number of aryl methyl sites for hydroxylation is 2. The number of methoxy groups -OCH3 is 1. The Balaban J connectivity index is 1.62. The second kappa shape index (κ2) is 13.0. The number of amides is 3. The van der Waals surface area contributed by atoms with Crippen molar-refractivity contribution >= 4 is 23.4 Å². The Labute approximate surface area is 236 Å². The maximum Gasteiger partial charge on any atom is 0.322 e. The summed E-state index contributed by atoms with van der Waals surface area (Å²) >= 11 is 0. The maximum atomic E-state index is 13.5. The Hall–Kier alpha value is -4.59. The zero-order valence-corrected chi connectivity index (χ0v) is 23.8. The monoisotopic (exact) mass is 539 g/mol. The Morgan fingerprint density at radius 1 is 0.950 bits per heavy atom. The molecule has 1 heterocycles. The van der Waals surface area contributed by atoms with Crippen LogP contribution in [0.25, 0.3) is 16.8 Å². The van der Waals surface area contributed by atoms with E-state index in [0.717, 1.165) is 34.7 Å². The molecule has 0 saturated heterocycles. The molecule has 0 aliphatic carbocycles. The first kappa shape index (κ1) is 28.4. The van der Waals surface area contributed by atoms with Crippen molar-refractivity contribution in [2.45, 2.75) is 34.1 Å². The minimum Gasteiger partial charge on any atom is -0.497 e. The van der Waals surface area contributed by atoms with E-state index < -0.39 is 0 Å². The molecule has 0 bridgehead atoms. The SMILES string of the molecule is CCc1ccc(NC(=O)N(CC(=O)Nc2c(-c3ccccc3)c(C)nn2-c2ccc(OC)cc2)CC(C)C)cc1. The van der Waals surface area contributed by atoms with Gasteiger partial charge in [-0.3, -0.25) is 4.79 Å². The molecule has 3 amide bonds. The summed E-state index contributed by atoms with van der Waals surface area (Å²) in [5.41, 5.74) is 5.17. The molecule has 4 rings (SSSR count). The number of rotatable bonds is 10. The summed E-state index contributed by atoms with van der Waals surface area (Å²) in [6.45, 7) is 8.35. The highest BCUT2D eigenvalue weighted by molar-refractivity contribution is 5.99. The largest absolute Gasteiger partial charge is 0.497 e. The maximum absolute atomic E-state index is 13.5. The average molecular weight is 540 g/mol. The number of ether oxygens (including phenoxy) is 1. The van der Waals surface area contributed by atoms with Crippen LogP contribution in [0.5, 0.6) is 5.75 Å². The van der Waals surface area contributed by atoms with Gasteiger partial charge in [-0.25, -0.2) is 9.48 Å². The lowest BCUT2D eigenvalue weighted by molar-refractivity contribution is -0.116. The lowest BCUT2D eigenvalue weighted by Crippen LogP contribution is -2.42. The number of anilines is 2. The number of hydrogen-bond acceptors (Lipinski definition) is 4. The van der Waals surface area contributed by atoms with E-state index in [1.54, 1.807) is 11.8 Å². The van der Waals surface area contributed by atoms with Crippen LogP contribution in [-0.2, 0) is 11.2 Å². The van der Waals surface area contributed by atoms with Crippen molar-refractivity contribution in [2.24, 2.45) is 5.92 Å². The van der Waals surface area contributed by atoms with Crippen LogP contribution in [0.15, 0.2) is 78.9 Å². The number of carbonyl (C=O) groups excluding carboxylic acids is 2. The number of aromatic nitrogens is 2. The fourth-order valence-electron chi connectivity index (χ4n) is 4.53. The van der Waals surface area contributed by atoms with E-state index >= 15 is 0 Å². The summed E-state index contributed by atoms with van der Waals surface area (Å²) in [5.74, 6) is 1.12. The molecule has 1 aromatic heterocycles. The first-order valence-corrected chi connectivity index (χ1v) is 13.5. The van der Waals surface area contributed by atoms with Crippen LogP contribution >= 0.6 is 0 Å². The van der Waals surface area contributed by atoms with Crippen LogP contribution in [0.4, 0.5) is 16.3 Å². The predicted octanol–water partition coefficient (Wildman–Crippen LogP) is 6.55. The molecule has 40 heavy (non-hydrogen) atoms. The van der Waals surface area contributed by atoms with E-state index in [2.05, 4.69) is 17.6 Å². The van der Waals surface area contributed by atoms with Crippen molar-refractivity contribution < 1.29 is 14.3 Å². The summed E-state index contributed by atoms with van der Waals surface area (Å²) in [5, 5.41) is 10.8. The van der Waals surface area contributed by atoms with Gasteiger partial charge in [0.05, 0.1) is 18.5 Å². The molecule has 8 heteroatoms. The predicted molar refractivity (Wildman–Crippen MR) is 160 cm³/mol. The summed E-state index contributed by atoms with van der Waals surface area (Å²) in [4.78, 5) is 28.3. The van der Waals surface area contributed by atoms with E-state index in [1.165, 1.54) is 10.5 Å². The number of nitrogens with zero attached hydrogens (tertiary/aromatic N) is 3. The molecule has 0 fully saturated rings. The van der Waals surface area contributed by atoms with Crippen LogP contribution in [-0.4, -0.2) is 46.8 Å². The summed E-state index contributed by atoms with van der Waals surface area (Å²) in [6, 6.07) is 24.7. The normalized spacial score (nSPS) is 10.8. The van der Waals surface area contributed by atoms with Gasteiger partial charge in [-0.15, -0.1) is 0 Å². The molecular weight excluding hydrogens is 502 g/mol. The zero-order chi connectivity index (χ0) is 28.6. The first-order valence-electron chi connectivity index (χ1n) is 13.5. The van der Waals surface area contributed by atoms with Crippen molar-refractivity contribution in [3.05, 3.63) is 90.1 Å². The summed E-state index contributed by atoms with van der Waals surface area (Å²) in [7, 11) is 1.62. The number of urea groups is 1. The molecule has 2 N–H and O–H groups in total. The Bertz CT molecular complexity index is 1430. The second-order valence-electron chi connectivity index (χ2n) is 10.1.